The Morgan fingerprint density at radius 3 is 2.48 bits per heavy atom. The first-order valence-corrected chi connectivity index (χ1v) is 9.32. The molecular formula is C20H22N2O5. The number of anilines is 2. The number of nitrogens with one attached hydrogen (secondary N) is 1. The zero-order valence-corrected chi connectivity index (χ0v) is 14.9. The zero-order chi connectivity index (χ0) is 19.0. The number of carbonyl (C=O) groups is 3. The molecule has 0 aromatic heterocycles. The van der Waals surface area contributed by atoms with E-state index in [9.17, 15) is 19.5 Å². The molecule has 2 heterocycles. The van der Waals surface area contributed by atoms with Crippen LogP contribution in [0, 0.1) is 11.8 Å². The van der Waals surface area contributed by atoms with Gasteiger partial charge >= 0.3 is 5.97 Å². The van der Waals surface area contributed by atoms with Crippen LogP contribution >= 0.6 is 0 Å². The number of amides is 2. The molecule has 2 N–H and O–H groups in total. The van der Waals surface area contributed by atoms with Gasteiger partial charge in [-0.25, -0.2) is 9.69 Å². The lowest BCUT2D eigenvalue weighted by molar-refractivity contribution is -0.122. The van der Waals surface area contributed by atoms with Crippen molar-refractivity contribution in [1.82, 2.24) is 0 Å². The lowest BCUT2D eigenvalue weighted by Gasteiger charge is -2.21. The van der Waals surface area contributed by atoms with Gasteiger partial charge in [0, 0.05) is 13.2 Å². The fraction of sp³-hybridized carbons (Fsp3) is 0.450. The second kappa shape index (κ2) is 7.15. The molecule has 2 fully saturated rings. The van der Waals surface area contributed by atoms with Crippen molar-refractivity contribution in [3.8, 4) is 0 Å². The number of fused-ring (bicyclic) bond motifs is 1. The lowest BCUT2D eigenvalue weighted by Crippen LogP contribution is -2.32. The van der Waals surface area contributed by atoms with E-state index in [0.717, 1.165) is 19.4 Å². The molecule has 7 heteroatoms. The number of hydrogen-bond acceptors (Lipinski definition) is 5. The Labute approximate surface area is 157 Å². The van der Waals surface area contributed by atoms with Gasteiger partial charge in [-0.2, -0.15) is 0 Å². The number of aromatic carboxylic acids is 1. The monoisotopic (exact) mass is 370 g/mol. The first kappa shape index (κ1) is 17.7. The van der Waals surface area contributed by atoms with Gasteiger partial charge in [-0.05, 0) is 43.9 Å². The second-order valence-electron chi connectivity index (χ2n) is 7.22. The van der Waals surface area contributed by atoms with Crippen molar-refractivity contribution in [1.29, 1.82) is 0 Å². The normalized spacial score (nSPS) is 27.1. The van der Waals surface area contributed by atoms with Gasteiger partial charge in [0.2, 0.25) is 11.8 Å². The number of imide groups is 1. The maximum atomic E-state index is 12.9. The number of rotatable bonds is 5. The van der Waals surface area contributed by atoms with Crippen LogP contribution in [-0.4, -0.2) is 42.1 Å². The highest BCUT2D eigenvalue weighted by atomic mass is 16.5. The largest absolute Gasteiger partial charge is 0.478 e. The minimum absolute atomic E-state index is 0.0428. The summed E-state index contributed by atoms with van der Waals surface area (Å²) in [4.78, 5) is 38.4. The number of ether oxygens (including phenoxy) is 1. The molecule has 2 amide bonds. The van der Waals surface area contributed by atoms with E-state index in [1.165, 1.54) is 17.0 Å². The van der Waals surface area contributed by atoms with Crippen LogP contribution in [0.5, 0.6) is 0 Å². The smallest absolute Gasteiger partial charge is 0.335 e. The van der Waals surface area contributed by atoms with Crippen LogP contribution in [0.3, 0.4) is 0 Å². The molecule has 3 aliphatic rings. The molecule has 0 bridgehead atoms. The van der Waals surface area contributed by atoms with Crippen LogP contribution in [0.2, 0.25) is 0 Å². The number of carboxylic acids is 1. The highest BCUT2D eigenvalue weighted by molar-refractivity contribution is 6.23. The summed E-state index contributed by atoms with van der Waals surface area (Å²) >= 11 is 0. The summed E-state index contributed by atoms with van der Waals surface area (Å²) in [5.74, 6) is -2.32. The molecule has 27 heavy (non-hydrogen) atoms. The van der Waals surface area contributed by atoms with Crippen molar-refractivity contribution in [2.75, 3.05) is 23.4 Å². The molecule has 1 aromatic carbocycles. The summed E-state index contributed by atoms with van der Waals surface area (Å²) in [6.45, 7) is 1.28. The molecule has 0 spiro atoms. The van der Waals surface area contributed by atoms with Gasteiger partial charge < -0.3 is 15.2 Å². The van der Waals surface area contributed by atoms with Crippen LogP contribution in [0.25, 0.3) is 0 Å². The number of nitrogens with zero attached hydrogens (tertiary/aromatic N) is 1. The zero-order valence-electron chi connectivity index (χ0n) is 14.9. The third-order valence-corrected chi connectivity index (χ3v) is 5.54. The van der Waals surface area contributed by atoms with Gasteiger partial charge in [0.25, 0.3) is 0 Å². The molecule has 0 saturated carbocycles. The number of carboxylic acid groups (broad SMARTS) is 1. The summed E-state index contributed by atoms with van der Waals surface area (Å²) < 4.78 is 5.61. The summed E-state index contributed by atoms with van der Waals surface area (Å²) in [5.41, 5.74) is 0.933. The molecule has 7 nitrogen and oxygen atoms in total. The maximum Gasteiger partial charge on any atom is 0.335 e. The average Bonchev–Trinajstić information content (AvgIpc) is 3.28. The third-order valence-electron chi connectivity index (χ3n) is 5.54. The average molecular weight is 370 g/mol. The van der Waals surface area contributed by atoms with E-state index in [4.69, 9.17) is 4.74 Å². The quantitative estimate of drug-likeness (QED) is 0.610. The number of allylic oxidation sites excluding steroid dienone is 2. The first-order valence-electron chi connectivity index (χ1n) is 9.32. The van der Waals surface area contributed by atoms with Crippen molar-refractivity contribution in [2.24, 2.45) is 11.8 Å². The van der Waals surface area contributed by atoms with E-state index in [1.807, 2.05) is 12.2 Å². The molecule has 1 aromatic rings. The molecule has 3 atom stereocenters. The number of carbonyl (C=O) groups excluding carboxylic acids is 2. The molecule has 4 rings (SSSR count). The van der Waals surface area contributed by atoms with Crippen LogP contribution in [0.4, 0.5) is 11.4 Å². The SMILES string of the molecule is O=C(O)c1ccc(NC[C@@H]2CCCO2)c(N2C(=O)[C@H]3CC=CC[C@@H]3C2=O)c1. The van der Waals surface area contributed by atoms with Gasteiger partial charge in [0.1, 0.15) is 0 Å². The van der Waals surface area contributed by atoms with Gasteiger partial charge in [-0.3, -0.25) is 9.59 Å². The Morgan fingerprint density at radius 1 is 1.19 bits per heavy atom. The standard InChI is InChI=1S/C20H22N2O5/c23-18-14-5-1-2-6-15(14)19(24)22(18)17-10-12(20(25)26)7-8-16(17)21-11-13-4-3-9-27-13/h1-2,7-8,10,13-15,21H,3-6,9,11H2,(H,25,26)/t13-,14-,15-/m0/s1. The molecule has 1 aliphatic carbocycles. The molecule has 0 radical (unpaired) electrons. The van der Waals surface area contributed by atoms with Gasteiger partial charge in [-0.1, -0.05) is 12.2 Å². The molecule has 0 unspecified atom stereocenters. The van der Waals surface area contributed by atoms with E-state index in [0.29, 0.717) is 30.8 Å². The van der Waals surface area contributed by atoms with Gasteiger partial charge in [0.05, 0.1) is 34.9 Å². The predicted molar refractivity (Wildman–Crippen MR) is 98.7 cm³/mol. The summed E-state index contributed by atoms with van der Waals surface area (Å²) in [6, 6.07) is 4.50. The van der Waals surface area contributed by atoms with Crippen LogP contribution < -0.4 is 10.2 Å². The van der Waals surface area contributed by atoms with Crippen LogP contribution in [-0.2, 0) is 14.3 Å². The summed E-state index contributed by atoms with van der Waals surface area (Å²) in [5, 5.41) is 12.6. The van der Waals surface area contributed by atoms with Crippen molar-refractivity contribution in [3.05, 3.63) is 35.9 Å². The Bertz CT molecular complexity index is 787. The summed E-state index contributed by atoms with van der Waals surface area (Å²) in [7, 11) is 0. The number of benzene rings is 1. The van der Waals surface area contributed by atoms with Gasteiger partial charge in [-0.15, -0.1) is 0 Å². The Hall–Kier alpha value is -2.67. The Morgan fingerprint density at radius 2 is 1.89 bits per heavy atom. The van der Waals surface area contributed by atoms with E-state index >= 15 is 0 Å². The maximum absolute atomic E-state index is 12.9. The minimum atomic E-state index is -1.10. The number of hydrogen-bond donors (Lipinski definition) is 2. The van der Waals surface area contributed by atoms with Crippen molar-refractivity contribution in [3.63, 3.8) is 0 Å². The van der Waals surface area contributed by atoms with E-state index in [1.54, 1.807) is 6.07 Å². The molecular weight excluding hydrogens is 348 g/mol. The van der Waals surface area contributed by atoms with Crippen LogP contribution in [0.1, 0.15) is 36.0 Å². The second-order valence-corrected chi connectivity index (χ2v) is 7.22. The molecule has 2 aliphatic heterocycles. The highest BCUT2D eigenvalue weighted by Crippen LogP contribution is 2.40. The van der Waals surface area contributed by atoms with E-state index in [-0.39, 0.29) is 35.3 Å². The fourth-order valence-corrected chi connectivity index (χ4v) is 4.07. The molecule has 2 saturated heterocycles. The Balaban J connectivity index is 1.66. The van der Waals surface area contributed by atoms with Crippen molar-refractivity contribution in [2.45, 2.75) is 31.8 Å². The van der Waals surface area contributed by atoms with Crippen LogP contribution in [0.15, 0.2) is 30.4 Å². The summed E-state index contributed by atoms with van der Waals surface area (Å²) in [6.07, 6.45) is 6.99. The van der Waals surface area contributed by atoms with Gasteiger partial charge in [0.15, 0.2) is 0 Å². The minimum Gasteiger partial charge on any atom is -0.478 e. The van der Waals surface area contributed by atoms with Crippen molar-refractivity contribution >= 4 is 29.2 Å². The van der Waals surface area contributed by atoms with E-state index in [2.05, 4.69) is 5.32 Å². The molecule has 142 valence electrons. The van der Waals surface area contributed by atoms with Crippen molar-refractivity contribution < 1.29 is 24.2 Å². The predicted octanol–water partition coefficient (Wildman–Crippen LogP) is 2.43. The topological polar surface area (TPSA) is 95.9 Å². The fourth-order valence-electron chi connectivity index (χ4n) is 4.07. The highest BCUT2D eigenvalue weighted by Gasteiger charge is 2.48. The van der Waals surface area contributed by atoms with E-state index < -0.39 is 5.97 Å². The third kappa shape index (κ3) is 3.23. The first-order chi connectivity index (χ1) is 13.1. The lowest BCUT2D eigenvalue weighted by atomic mass is 9.85. The Kier molecular flexibility index (Phi) is 4.70.